The number of ether oxygens (including phenoxy) is 1. The van der Waals surface area contributed by atoms with Crippen molar-refractivity contribution in [1.82, 2.24) is 9.38 Å². The summed E-state index contributed by atoms with van der Waals surface area (Å²) in [5, 5.41) is 1.04. The second kappa shape index (κ2) is 7.89. The molecule has 3 aromatic rings. The van der Waals surface area contributed by atoms with Crippen LogP contribution in [0, 0.1) is 0 Å². The molecule has 2 heterocycles. The van der Waals surface area contributed by atoms with Crippen molar-refractivity contribution in [3.8, 4) is 5.75 Å². The van der Waals surface area contributed by atoms with E-state index in [1.165, 1.54) is 44.2 Å². The van der Waals surface area contributed by atoms with Crippen molar-refractivity contribution in [2.45, 2.75) is 51.0 Å². The molecule has 0 N–H and O–H groups in total. The van der Waals surface area contributed by atoms with Crippen LogP contribution in [0.2, 0.25) is 10.0 Å². The van der Waals surface area contributed by atoms with E-state index < -0.39 is 0 Å². The largest absolute Gasteiger partial charge is 0.486 e. The summed E-state index contributed by atoms with van der Waals surface area (Å²) in [6.07, 6.45) is 12.0. The molecule has 0 saturated heterocycles. The first-order valence-corrected chi connectivity index (χ1v) is 10.0. The Hall–Kier alpha value is -1.71. The lowest BCUT2D eigenvalue weighted by Gasteiger charge is -2.14. The molecule has 0 unspecified atom stereocenters. The average molecular weight is 389 g/mol. The maximum absolute atomic E-state index is 6.20. The second-order valence-electron chi connectivity index (χ2n) is 6.94. The van der Waals surface area contributed by atoms with Gasteiger partial charge in [-0.1, -0.05) is 61.0 Å². The van der Waals surface area contributed by atoms with Crippen LogP contribution >= 0.6 is 23.2 Å². The zero-order chi connectivity index (χ0) is 17.9. The number of hydrogen-bond acceptors (Lipinski definition) is 2. The van der Waals surface area contributed by atoms with Gasteiger partial charge in [-0.05, 0) is 31.0 Å². The molecule has 1 fully saturated rings. The van der Waals surface area contributed by atoms with E-state index in [-0.39, 0.29) is 0 Å². The fourth-order valence-corrected chi connectivity index (χ4v) is 4.35. The number of pyridine rings is 1. The lowest BCUT2D eigenvalue weighted by atomic mass is 9.97. The van der Waals surface area contributed by atoms with Crippen LogP contribution in [0.4, 0.5) is 0 Å². The van der Waals surface area contributed by atoms with Gasteiger partial charge in [0.25, 0.3) is 0 Å². The summed E-state index contributed by atoms with van der Waals surface area (Å²) in [4.78, 5) is 4.70. The van der Waals surface area contributed by atoms with Gasteiger partial charge in [0, 0.05) is 29.6 Å². The van der Waals surface area contributed by atoms with E-state index in [2.05, 4.69) is 16.7 Å². The number of rotatable bonds is 4. The first kappa shape index (κ1) is 17.7. The number of halogens is 2. The standard InChI is InChI=1S/C21H22Cl2N2O/c22-17-10-5-11-18(23)20(17)26-14-16-9-6-12-25-19(13-24-21(16)25)15-7-3-1-2-4-8-15/h5-6,9-13,15H,1-4,7-8,14H2. The molecule has 0 radical (unpaired) electrons. The summed E-state index contributed by atoms with van der Waals surface area (Å²) in [5.41, 5.74) is 3.30. The summed E-state index contributed by atoms with van der Waals surface area (Å²) in [7, 11) is 0. The minimum Gasteiger partial charge on any atom is -0.486 e. The first-order chi connectivity index (χ1) is 12.7. The molecule has 136 valence electrons. The van der Waals surface area contributed by atoms with Crippen LogP contribution in [-0.4, -0.2) is 9.38 Å². The summed E-state index contributed by atoms with van der Waals surface area (Å²) < 4.78 is 8.14. The van der Waals surface area contributed by atoms with Crippen molar-refractivity contribution in [2.75, 3.05) is 0 Å². The Morgan fingerprint density at radius 2 is 1.73 bits per heavy atom. The maximum Gasteiger partial charge on any atom is 0.156 e. The summed E-state index contributed by atoms with van der Waals surface area (Å²) in [6.45, 7) is 0.384. The molecule has 1 aliphatic rings. The van der Waals surface area contributed by atoms with Crippen molar-refractivity contribution >= 4 is 28.8 Å². The van der Waals surface area contributed by atoms with Gasteiger partial charge in [0.05, 0.1) is 10.0 Å². The quantitative estimate of drug-likeness (QED) is 0.467. The predicted octanol–water partition coefficient (Wildman–Crippen LogP) is 6.66. The SMILES string of the molecule is Clc1cccc(Cl)c1OCc1cccn2c(C3CCCCCC3)cnc12. The van der Waals surface area contributed by atoms with Crippen molar-refractivity contribution in [1.29, 1.82) is 0 Å². The van der Waals surface area contributed by atoms with Crippen molar-refractivity contribution < 1.29 is 4.74 Å². The highest BCUT2D eigenvalue weighted by Crippen LogP contribution is 2.34. The summed E-state index contributed by atoms with van der Waals surface area (Å²) >= 11 is 12.4. The van der Waals surface area contributed by atoms with Gasteiger partial charge >= 0.3 is 0 Å². The number of benzene rings is 1. The molecule has 0 amide bonds. The lowest BCUT2D eigenvalue weighted by molar-refractivity contribution is 0.307. The predicted molar refractivity (Wildman–Crippen MR) is 106 cm³/mol. The minimum atomic E-state index is 0.384. The Balaban J connectivity index is 1.60. The van der Waals surface area contributed by atoms with E-state index >= 15 is 0 Å². The average Bonchev–Trinajstić information content (AvgIpc) is 2.89. The number of imidazole rings is 1. The van der Waals surface area contributed by atoms with Crippen LogP contribution in [0.1, 0.15) is 55.7 Å². The van der Waals surface area contributed by atoms with Crippen LogP contribution in [0.15, 0.2) is 42.7 Å². The van der Waals surface area contributed by atoms with E-state index in [4.69, 9.17) is 32.9 Å². The van der Waals surface area contributed by atoms with Crippen molar-refractivity contribution in [3.63, 3.8) is 0 Å². The van der Waals surface area contributed by atoms with Crippen LogP contribution in [-0.2, 0) is 6.61 Å². The van der Waals surface area contributed by atoms with E-state index in [1.54, 1.807) is 12.1 Å². The normalized spacial score (nSPS) is 15.9. The third kappa shape index (κ3) is 3.56. The lowest BCUT2D eigenvalue weighted by Crippen LogP contribution is -2.04. The fourth-order valence-electron chi connectivity index (χ4n) is 3.85. The number of nitrogens with zero attached hydrogens (tertiary/aromatic N) is 2. The molecule has 1 aliphatic carbocycles. The Kier molecular flexibility index (Phi) is 5.37. The Labute approximate surface area is 163 Å². The van der Waals surface area contributed by atoms with Gasteiger partial charge in [-0.25, -0.2) is 4.98 Å². The highest BCUT2D eigenvalue weighted by atomic mass is 35.5. The smallest absolute Gasteiger partial charge is 0.156 e. The van der Waals surface area contributed by atoms with Crippen LogP contribution < -0.4 is 4.74 Å². The van der Waals surface area contributed by atoms with Crippen LogP contribution in [0.25, 0.3) is 5.65 Å². The molecule has 1 saturated carbocycles. The van der Waals surface area contributed by atoms with Gasteiger partial charge in [-0.15, -0.1) is 0 Å². The zero-order valence-corrected chi connectivity index (χ0v) is 16.1. The van der Waals surface area contributed by atoms with Gasteiger partial charge in [0.1, 0.15) is 12.3 Å². The molecule has 0 atom stereocenters. The molecule has 2 aromatic heterocycles. The van der Waals surface area contributed by atoms with E-state index in [0.717, 1.165) is 11.2 Å². The summed E-state index contributed by atoms with van der Waals surface area (Å²) in [5.74, 6) is 1.12. The van der Waals surface area contributed by atoms with Gasteiger partial charge < -0.3 is 9.14 Å². The van der Waals surface area contributed by atoms with Gasteiger partial charge in [-0.2, -0.15) is 0 Å². The van der Waals surface area contributed by atoms with E-state index in [9.17, 15) is 0 Å². The number of hydrogen-bond donors (Lipinski definition) is 0. The molecule has 0 bridgehead atoms. The minimum absolute atomic E-state index is 0.384. The maximum atomic E-state index is 6.20. The Morgan fingerprint density at radius 3 is 2.46 bits per heavy atom. The Morgan fingerprint density at radius 1 is 1.00 bits per heavy atom. The van der Waals surface area contributed by atoms with Crippen molar-refractivity contribution in [3.05, 3.63) is 64.0 Å². The van der Waals surface area contributed by atoms with Gasteiger partial charge in [0.2, 0.25) is 0 Å². The highest BCUT2D eigenvalue weighted by molar-refractivity contribution is 6.37. The number of aromatic nitrogens is 2. The highest BCUT2D eigenvalue weighted by Gasteiger charge is 2.19. The van der Waals surface area contributed by atoms with Gasteiger partial charge in [0.15, 0.2) is 5.75 Å². The number of fused-ring (bicyclic) bond motifs is 1. The molecule has 1 aromatic carbocycles. The molecule has 3 nitrogen and oxygen atoms in total. The summed E-state index contributed by atoms with van der Waals surface area (Å²) in [6, 6.07) is 9.48. The van der Waals surface area contributed by atoms with Crippen molar-refractivity contribution in [2.24, 2.45) is 0 Å². The third-order valence-electron chi connectivity index (χ3n) is 5.21. The second-order valence-corrected chi connectivity index (χ2v) is 7.75. The molecule has 0 aliphatic heterocycles. The van der Waals surface area contributed by atoms with E-state index in [1.807, 2.05) is 18.3 Å². The number of para-hydroxylation sites is 1. The molecular formula is C21H22Cl2N2O. The molecule has 4 rings (SSSR count). The molecule has 5 heteroatoms. The molecule has 26 heavy (non-hydrogen) atoms. The molecule has 0 spiro atoms. The topological polar surface area (TPSA) is 26.5 Å². The van der Waals surface area contributed by atoms with E-state index in [0.29, 0.717) is 28.3 Å². The van der Waals surface area contributed by atoms with Crippen LogP contribution in [0.3, 0.4) is 0 Å². The van der Waals surface area contributed by atoms with Crippen LogP contribution in [0.5, 0.6) is 5.75 Å². The fraction of sp³-hybridized carbons (Fsp3) is 0.381. The first-order valence-electron chi connectivity index (χ1n) is 9.25. The zero-order valence-electron chi connectivity index (χ0n) is 14.6. The monoisotopic (exact) mass is 388 g/mol. The molecular weight excluding hydrogens is 367 g/mol. The van der Waals surface area contributed by atoms with Gasteiger partial charge in [-0.3, -0.25) is 0 Å². The Bertz CT molecular complexity index is 878. The third-order valence-corrected chi connectivity index (χ3v) is 5.80.